The van der Waals surface area contributed by atoms with Crippen LogP contribution in [0.15, 0.2) is 30.3 Å². The summed E-state index contributed by atoms with van der Waals surface area (Å²) in [5, 5.41) is 13.3. The van der Waals surface area contributed by atoms with Crippen molar-refractivity contribution < 1.29 is 19.1 Å². The van der Waals surface area contributed by atoms with Gasteiger partial charge in [0.2, 0.25) is 0 Å². The fourth-order valence-corrected chi connectivity index (χ4v) is 3.55. The molecule has 0 heterocycles. The molecular formula is C18H16Cl2FIN2O3. The average Bonchev–Trinajstić information content (AvgIpc) is 3.44. The Morgan fingerprint density at radius 1 is 1.26 bits per heavy atom. The van der Waals surface area contributed by atoms with Gasteiger partial charge in [0, 0.05) is 9.49 Å². The van der Waals surface area contributed by atoms with Crippen LogP contribution in [-0.4, -0.2) is 16.8 Å². The molecule has 0 aliphatic heterocycles. The van der Waals surface area contributed by atoms with Gasteiger partial charge in [-0.05, 0) is 72.7 Å². The number of hydrogen-bond donors (Lipinski definition) is 3. The number of carbonyl (C=O) groups excluding carboxylic acids is 1. The maximum atomic E-state index is 14.0. The van der Waals surface area contributed by atoms with Crippen molar-refractivity contribution >= 4 is 63.1 Å². The highest BCUT2D eigenvalue weighted by Crippen LogP contribution is 2.39. The highest BCUT2D eigenvalue weighted by atomic mass is 127. The van der Waals surface area contributed by atoms with Crippen molar-refractivity contribution in [2.24, 2.45) is 5.92 Å². The summed E-state index contributed by atoms with van der Waals surface area (Å²) in [5.74, 6) is -2.87. The van der Waals surface area contributed by atoms with Crippen LogP contribution in [-0.2, 0) is 4.84 Å². The lowest BCUT2D eigenvalue weighted by Gasteiger charge is -2.23. The zero-order chi connectivity index (χ0) is 19.8. The molecule has 1 aliphatic carbocycles. The zero-order valence-electron chi connectivity index (χ0n) is 14.2. The number of aliphatic hydroxyl groups is 1. The molecule has 27 heavy (non-hydrogen) atoms. The molecule has 0 saturated heterocycles. The molecule has 0 spiro atoms. The molecule has 0 aromatic heterocycles. The maximum absolute atomic E-state index is 14.0. The molecule has 2 aromatic carbocycles. The predicted molar refractivity (Wildman–Crippen MR) is 111 cm³/mol. The van der Waals surface area contributed by atoms with E-state index in [9.17, 15) is 14.3 Å². The zero-order valence-corrected chi connectivity index (χ0v) is 17.8. The van der Waals surface area contributed by atoms with Crippen LogP contribution >= 0.6 is 45.8 Å². The highest BCUT2D eigenvalue weighted by Gasteiger charge is 2.42. The summed E-state index contributed by atoms with van der Waals surface area (Å²) in [5.41, 5.74) is 2.92. The topological polar surface area (TPSA) is 70.6 Å². The Hall–Kier alpha value is -1.13. The third-order valence-electron chi connectivity index (χ3n) is 4.19. The second-order valence-electron chi connectivity index (χ2n) is 6.42. The van der Waals surface area contributed by atoms with E-state index in [1.54, 1.807) is 12.1 Å². The molecule has 3 rings (SSSR count). The van der Waals surface area contributed by atoms with Crippen molar-refractivity contribution in [3.05, 3.63) is 55.3 Å². The number of carbonyl (C=O) groups is 1. The Morgan fingerprint density at radius 2 is 1.96 bits per heavy atom. The van der Waals surface area contributed by atoms with Gasteiger partial charge in [-0.1, -0.05) is 23.2 Å². The monoisotopic (exact) mass is 524 g/mol. The standard InChI is InChI=1S/C18H16Cl2FIN2O3/c1-18(26,9-2-3-9)27-24-17(25)11-7-12(19)14(21)8-16(11)23-15-5-4-10(22)6-13(15)20/h4-9,23,26H,2-3H2,1H3,(H,24,25). The van der Waals surface area contributed by atoms with E-state index >= 15 is 0 Å². The summed E-state index contributed by atoms with van der Waals surface area (Å²) in [4.78, 5) is 17.7. The number of halogens is 4. The van der Waals surface area contributed by atoms with E-state index in [0.29, 0.717) is 10.7 Å². The molecule has 3 N–H and O–H groups in total. The molecule has 1 atom stereocenters. The molecule has 1 fully saturated rings. The van der Waals surface area contributed by atoms with Crippen molar-refractivity contribution in [1.82, 2.24) is 5.48 Å². The quantitative estimate of drug-likeness (QED) is 0.274. The number of hydrogen-bond acceptors (Lipinski definition) is 4. The Morgan fingerprint density at radius 3 is 2.59 bits per heavy atom. The lowest BCUT2D eigenvalue weighted by molar-refractivity contribution is -0.230. The Kier molecular flexibility index (Phi) is 6.17. The molecular weight excluding hydrogens is 509 g/mol. The summed E-state index contributed by atoms with van der Waals surface area (Å²) in [6.07, 6.45) is 1.65. The van der Waals surface area contributed by atoms with Crippen LogP contribution in [0.3, 0.4) is 0 Å². The van der Waals surface area contributed by atoms with Gasteiger partial charge >= 0.3 is 0 Å². The third-order valence-corrected chi connectivity index (χ3v) is 5.46. The van der Waals surface area contributed by atoms with Gasteiger partial charge in [0.15, 0.2) is 5.79 Å². The minimum Gasteiger partial charge on any atom is -0.364 e. The van der Waals surface area contributed by atoms with Crippen molar-refractivity contribution in [1.29, 1.82) is 0 Å². The minimum atomic E-state index is -1.47. The van der Waals surface area contributed by atoms with Crippen LogP contribution in [0.4, 0.5) is 15.8 Å². The average molecular weight is 525 g/mol. The first-order valence-corrected chi connectivity index (χ1v) is 9.92. The number of benzene rings is 2. The first-order chi connectivity index (χ1) is 12.7. The number of amides is 1. The molecule has 9 heteroatoms. The van der Waals surface area contributed by atoms with E-state index in [-0.39, 0.29) is 22.2 Å². The minimum absolute atomic E-state index is 0.0298. The first kappa shape index (κ1) is 20.6. The largest absolute Gasteiger partial charge is 0.364 e. The second kappa shape index (κ2) is 8.08. The van der Waals surface area contributed by atoms with Crippen LogP contribution in [0.2, 0.25) is 10.0 Å². The summed E-state index contributed by atoms with van der Waals surface area (Å²) in [6, 6.07) is 7.55. The molecule has 1 amide bonds. The molecule has 1 saturated carbocycles. The molecule has 5 nitrogen and oxygen atoms in total. The molecule has 1 unspecified atom stereocenters. The van der Waals surface area contributed by atoms with Gasteiger partial charge in [-0.3, -0.25) is 4.79 Å². The fraction of sp³-hybridized carbons (Fsp3) is 0.278. The Bertz CT molecular complexity index is 891. The Labute approximate surface area is 179 Å². The predicted octanol–water partition coefficient (Wildman–Crippen LogP) is 5.26. The molecule has 144 valence electrons. The second-order valence-corrected chi connectivity index (χ2v) is 8.48. The summed E-state index contributed by atoms with van der Waals surface area (Å²) >= 11 is 14.1. The summed E-state index contributed by atoms with van der Waals surface area (Å²) in [7, 11) is 0. The molecule has 1 aliphatic rings. The van der Waals surface area contributed by atoms with Crippen molar-refractivity contribution in [2.75, 3.05) is 5.32 Å². The lowest BCUT2D eigenvalue weighted by Crippen LogP contribution is -2.39. The first-order valence-electron chi connectivity index (χ1n) is 8.09. The molecule has 2 aromatic rings. The molecule has 0 bridgehead atoms. The smallest absolute Gasteiger partial charge is 0.277 e. The van der Waals surface area contributed by atoms with Gasteiger partial charge in [-0.25, -0.2) is 14.7 Å². The lowest BCUT2D eigenvalue weighted by atomic mass is 10.1. The number of hydroxylamine groups is 1. The van der Waals surface area contributed by atoms with E-state index < -0.39 is 17.5 Å². The summed E-state index contributed by atoms with van der Waals surface area (Å²) < 4.78 is 14.9. The van der Waals surface area contributed by atoms with Crippen LogP contribution < -0.4 is 10.8 Å². The van der Waals surface area contributed by atoms with E-state index in [1.807, 2.05) is 6.07 Å². The van der Waals surface area contributed by atoms with E-state index in [1.165, 1.54) is 13.0 Å². The van der Waals surface area contributed by atoms with Gasteiger partial charge in [-0.2, -0.15) is 0 Å². The number of rotatable bonds is 6. The van der Waals surface area contributed by atoms with Crippen LogP contribution in [0.25, 0.3) is 0 Å². The summed E-state index contributed by atoms with van der Waals surface area (Å²) in [6.45, 7) is 1.48. The van der Waals surface area contributed by atoms with Gasteiger partial charge < -0.3 is 10.4 Å². The van der Waals surface area contributed by atoms with Gasteiger partial charge in [0.1, 0.15) is 5.82 Å². The fourth-order valence-electron chi connectivity index (χ4n) is 2.48. The normalized spacial score (nSPS) is 15.9. The van der Waals surface area contributed by atoms with Crippen molar-refractivity contribution in [3.8, 4) is 0 Å². The van der Waals surface area contributed by atoms with E-state index in [2.05, 4.69) is 33.4 Å². The number of anilines is 2. The van der Waals surface area contributed by atoms with Crippen molar-refractivity contribution in [3.63, 3.8) is 0 Å². The van der Waals surface area contributed by atoms with E-state index in [4.69, 9.17) is 28.0 Å². The maximum Gasteiger partial charge on any atom is 0.277 e. The van der Waals surface area contributed by atoms with Gasteiger partial charge in [-0.15, -0.1) is 0 Å². The van der Waals surface area contributed by atoms with Crippen molar-refractivity contribution in [2.45, 2.75) is 25.6 Å². The third kappa shape index (κ3) is 5.03. The van der Waals surface area contributed by atoms with Crippen LogP contribution in [0.1, 0.15) is 30.1 Å². The number of nitrogens with one attached hydrogen (secondary N) is 2. The van der Waals surface area contributed by atoms with Gasteiger partial charge in [0.05, 0.1) is 27.0 Å². The SMILES string of the molecule is CC(O)(ONC(=O)c1cc(Cl)c(F)cc1Nc1ccc(I)cc1Cl)C1CC1. The van der Waals surface area contributed by atoms with E-state index in [0.717, 1.165) is 22.5 Å². The Balaban J connectivity index is 1.85. The highest BCUT2D eigenvalue weighted by molar-refractivity contribution is 14.1. The van der Waals surface area contributed by atoms with Gasteiger partial charge in [0.25, 0.3) is 5.91 Å². The van der Waals surface area contributed by atoms with Crippen LogP contribution in [0, 0.1) is 15.3 Å². The van der Waals surface area contributed by atoms with Crippen LogP contribution in [0.5, 0.6) is 0 Å². The molecule has 0 radical (unpaired) electrons.